The largest absolute Gasteiger partial charge is 0.416 e. The minimum atomic E-state index is -4.58. The highest BCUT2D eigenvalue weighted by Crippen LogP contribution is 2.30. The summed E-state index contributed by atoms with van der Waals surface area (Å²) in [5.74, 6) is 0. The fraction of sp³-hybridized carbons (Fsp3) is 0.417. The number of halogens is 3. The molecule has 21 heavy (non-hydrogen) atoms. The van der Waals surface area contributed by atoms with Crippen molar-refractivity contribution in [2.24, 2.45) is 5.73 Å². The molecule has 0 aliphatic carbocycles. The molecule has 1 aromatic rings. The van der Waals surface area contributed by atoms with Gasteiger partial charge in [-0.1, -0.05) is 18.3 Å². The minimum absolute atomic E-state index is 0.112. The quantitative estimate of drug-likeness (QED) is 0.591. The molecule has 0 saturated carbocycles. The molecule has 0 fully saturated rings. The maximum Gasteiger partial charge on any atom is 0.416 e. The molecule has 118 valence electrons. The number of alkyl halides is 3. The van der Waals surface area contributed by atoms with Gasteiger partial charge in [-0.25, -0.2) is 13.1 Å². The molecular formula is C12H15F3N2O2S2. The average molecular weight is 340 g/mol. The number of hydrogen-bond acceptors (Lipinski definition) is 3. The van der Waals surface area contributed by atoms with Crippen molar-refractivity contribution >= 4 is 27.2 Å². The van der Waals surface area contributed by atoms with Crippen LogP contribution in [0.25, 0.3) is 0 Å². The average Bonchev–Trinajstić information content (AvgIpc) is 2.37. The summed E-state index contributed by atoms with van der Waals surface area (Å²) in [6.45, 7) is 0.112. The van der Waals surface area contributed by atoms with E-state index in [0.29, 0.717) is 30.3 Å². The Morgan fingerprint density at radius 2 is 1.95 bits per heavy atom. The van der Waals surface area contributed by atoms with Crippen LogP contribution in [0.5, 0.6) is 0 Å². The predicted molar refractivity (Wildman–Crippen MR) is 77.3 cm³/mol. The van der Waals surface area contributed by atoms with Gasteiger partial charge in [0.25, 0.3) is 0 Å². The van der Waals surface area contributed by atoms with Crippen molar-refractivity contribution in [3.05, 3.63) is 29.8 Å². The Labute approximate surface area is 126 Å². The molecule has 4 nitrogen and oxygen atoms in total. The Morgan fingerprint density at radius 1 is 1.29 bits per heavy atom. The van der Waals surface area contributed by atoms with Gasteiger partial charge in [-0.15, -0.1) is 0 Å². The summed E-state index contributed by atoms with van der Waals surface area (Å²) >= 11 is 4.68. The van der Waals surface area contributed by atoms with E-state index < -0.39 is 26.7 Å². The molecule has 0 atom stereocenters. The zero-order valence-electron chi connectivity index (χ0n) is 11.0. The molecule has 0 aromatic heterocycles. The zero-order chi connectivity index (χ0) is 16.1. The molecule has 0 bridgehead atoms. The third-order valence-corrected chi connectivity index (χ3v) is 4.28. The number of nitrogens with one attached hydrogen (secondary N) is 1. The molecule has 0 radical (unpaired) electrons. The first-order valence-electron chi connectivity index (χ1n) is 6.08. The summed E-state index contributed by atoms with van der Waals surface area (Å²) in [4.78, 5) is -0.0672. The first-order valence-corrected chi connectivity index (χ1v) is 7.97. The Kier molecular flexibility index (Phi) is 6.11. The number of benzene rings is 1. The molecule has 0 spiro atoms. The molecule has 0 aliphatic rings. The first kappa shape index (κ1) is 17.9. The molecule has 1 aromatic carbocycles. The van der Waals surface area contributed by atoms with E-state index >= 15 is 0 Å². The lowest BCUT2D eigenvalue weighted by atomic mass is 10.2. The second-order valence-corrected chi connectivity index (χ2v) is 6.64. The monoisotopic (exact) mass is 340 g/mol. The van der Waals surface area contributed by atoms with E-state index in [-0.39, 0.29) is 6.54 Å². The lowest BCUT2D eigenvalue weighted by Crippen LogP contribution is -2.25. The van der Waals surface area contributed by atoms with Gasteiger partial charge in [0.1, 0.15) is 0 Å². The van der Waals surface area contributed by atoms with E-state index in [4.69, 9.17) is 5.73 Å². The minimum Gasteiger partial charge on any atom is -0.393 e. The van der Waals surface area contributed by atoms with Gasteiger partial charge in [0.2, 0.25) is 10.0 Å². The van der Waals surface area contributed by atoms with Crippen molar-refractivity contribution in [1.29, 1.82) is 0 Å². The number of thiocarbonyl (C=S) groups is 1. The van der Waals surface area contributed by atoms with Crippen molar-refractivity contribution in [1.82, 2.24) is 4.72 Å². The van der Waals surface area contributed by atoms with Crippen LogP contribution in [0, 0.1) is 0 Å². The Morgan fingerprint density at radius 3 is 2.52 bits per heavy atom. The second-order valence-electron chi connectivity index (χ2n) is 4.35. The summed E-state index contributed by atoms with van der Waals surface area (Å²) < 4.78 is 63.6. The van der Waals surface area contributed by atoms with E-state index in [2.05, 4.69) is 16.9 Å². The smallest absolute Gasteiger partial charge is 0.393 e. The lowest BCUT2D eigenvalue weighted by molar-refractivity contribution is -0.137. The van der Waals surface area contributed by atoms with E-state index in [0.717, 1.165) is 18.2 Å². The van der Waals surface area contributed by atoms with Gasteiger partial charge in [-0.2, -0.15) is 13.2 Å². The summed E-state index contributed by atoms with van der Waals surface area (Å²) in [6, 6.07) is 3.61. The topological polar surface area (TPSA) is 72.2 Å². The lowest BCUT2D eigenvalue weighted by Gasteiger charge is -2.10. The fourth-order valence-corrected chi connectivity index (χ4v) is 2.82. The van der Waals surface area contributed by atoms with Gasteiger partial charge in [0.15, 0.2) is 0 Å². The first-order chi connectivity index (χ1) is 9.63. The summed E-state index contributed by atoms with van der Waals surface area (Å²) in [5, 5.41) is 0. The normalized spacial score (nSPS) is 12.3. The Balaban J connectivity index is 2.68. The second kappa shape index (κ2) is 7.19. The van der Waals surface area contributed by atoms with Crippen LogP contribution in [0.1, 0.15) is 24.8 Å². The molecule has 9 heteroatoms. The van der Waals surface area contributed by atoms with Crippen LogP contribution < -0.4 is 10.5 Å². The molecule has 0 amide bonds. The van der Waals surface area contributed by atoms with Crippen LogP contribution in [0.2, 0.25) is 0 Å². The van der Waals surface area contributed by atoms with E-state index in [1.54, 1.807) is 0 Å². The molecule has 0 unspecified atom stereocenters. The summed E-state index contributed by atoms with van der Waals surface area (Å²) in [6.07, 6.45) is -2.97. The summed E-state index contributed by atoms with van der Waals surface area (Å²) in [5.41, 5.74) is 4.29. The van der Waals surface area contributed by atoms with Crippen molar-refractivity contribution in [3.63, 3.8) is 0 Å². The van der Waals surface area contributed by atoms with Crippen molar-refractivity contribution in [2.75, 3.05) is 6.54 Å². The molecule has 0 aliphatic heterocycles. The molecule has 0 heterocycles. The molecule has 3 N–H and O–H groups in total. The van der Waals surface area contributed by atoms with Crippen molar-refractivity contribution in [3.8, 4) is 0 Å². The standard InChI is InChI=1S/C12H15F3N2O2S2/c13-12(14,15)9-4-3-5-10(8-9)21(18,19)17-7-2-1-6-11(16)20/h3-5,8,17H,1-2,6-7H2,(H2,16,20). The highest BCUT2D eigenvalue weighted by Gasteiger charge is 2.31. The number of hydrogen-bond donors (Lipinski definition) is 2. The third-order valence-electron chi connectivity index (χ3n) is 2.61. The number of sulfonamides is 1. The van der Waals surface area contributed by atoms with Gasteiger partial charge < -0.3 is 5.73 Å². The summed E-state index contributed by atoms with van der Waals surface area (Å²) in [7, 11) is -3.96. The van der Waals surface area contributed by atoms with E-state index in [9.17, 15) is 21.6 Å². The Bertz CT molecular complexity index is 601. The van der Waals surface area contributed by atoms with Crippen LogP contribution in [-0.4, -0.2) is 20.0 Å². The highest BCUT2D eigenvalue weighted by molar-refractivity contribution is 7.89. The molecule has 0 saturated heterocycles. The number of nitrogens with two attached hydrogens (primary N) is 1. The third kappa shape index (κ3) is 5.98. The van der Waals surface area contributed by atoms with Gasteiger partial charge >= 0.3 is 6.18 Å². The maximum atomic E-state index is 12.5. The Hall–Kier alpha value is -1.19. The van der Waals surface area contributed by atoms with Gasteiger partial charge in [-0.05, 0) is 37.5 Å². The number of rotatable bonds is 7. The highest BCUT2D eigenvalue weighted by atomic mass is 32.2. The van der Waals surface area contributed by atoms with Gasteiger partial charge in [0, 0.05) is 6.54 Å². The van der Waals surface area contributed by atoms with Crippen LogP contribution in [0.4, 0.5) is 13.2 Å². The van der Waals surface area contributed by atoms with Crippen LogP contribution >= 0.6 is 12.2 Å². The maximum absolute atomic E-state index is 12.5. The fourth-order valence-electron chi connectivity index (χ4n) is 1.55. The molecule has 1 rings (SSSR count). The number of unbranched alkanes of at least 4 members (excludes halogenated alkanes) is 1. The van der Waals surface area contributed by atoms with Crippen molar-refractivity contribution in [2.45, 2.75) is 30.3 Å². The van der Waals surface area contributed by atoms with Gasteiger partial charge in [0.05, 0.1) is 15.4 Å². The zero-order valence-corrected chi connectivity index (χ0v) is 12.6. The van der Waals surface area contributed by atoms with Crippen LogP contribution in [0.3, 0.4) is 0 Å². The van der Waals surface area contributed by atoms with Crippen LogP contribution in [-0.2, 0) is 16.2 Å². The van der Waals surface area contributed by atoms with Crippen LogP contribution in [0.15, 0.2) is 29.2 Å². The SMILES string of the molecule is NC(=S)CCCCNS(=O)(=O)c1cccc(C(F)(F)F)c1. The predicted octanol–water partition coefficient (Wildman–Crippen LogP) is 2.44. The van der Waals surface area contributed by atoms with E-state index in [1.165, 1.54) is 0 Å². The van der Waals surface area contributed by atoms with Crippen molar-refractivity contribution < 1.29 is 21.6 Å². The van der Waals surface area contributed by atoms with E-state index in [1.807, 2.05) is 0 Å². The van der Waals surface area contributed by atoms with Gasteiger partial charge in [-0.3, -0.25) is 0 Å². The molecular weight excluding hydrogens is 325 g/mol.